The molecular weight excluding hydrogens is 399 g/mol. The number of hydrogen-bond donors (Lipinski definition) is 2. The van der Waals surface area contributed by atoms with Crippen molar-refractivity contribution >= 4 is 35.1 Å². The van der Waals surface area contributed by atoms with Gasteiger partial charge in [-0.25, -0.2) is 9.18 Å². The van der Waals surface area contributed by atoms with Crippen molar-refractivity contribution in [3.8, 4) is 0 Å². The Hall–Kier alpha value is -2.93. The lowest BCUT2D eigenvalue weighted by atomic mass is 9.92. The van der Waals surface area contributed by atoms with Gasteiger partial charge in [-0.3, -0.25) is 9.59 Å². The van der Waals surface area contributed by atoms with E-state index in [1.54, 1.807) is 33.0 Å². The third-order valence-electron chi connectivity index (χ3n) is 5.27. The molecule has 2 aromatic carbocycles. The van der Waals surface area contributed by atoms with Gasteiger partial charge in [0.15, 0.2) is 0 Å². The van der Waals surface area contributed by atoms with Crippen LogP contribution in [0.15, 0.2) is 30.3 Å². The molecule has 1 fully saturated rings. The third-order valence-corrected chi connectivity index (χ3v) is 5.57. The first kappa shape index (κ1) is 20.8. The molecule has 2 atom stereocenters. The molecule has 3 rings (SSSR count). The number of carbonyl (C=O) groups is 3. The molecule has 6 nitrogen and oxygen atoms in total. The molecule has 0 aromatic heterocycles. The van der Waals surface area contributed by atoms with Crippen molar-refractivity contribution in [2.24, 2.45) is 5.92 Å². The van der Waals surface area contributed by atoms with Gasteiger partial charge < -0.3 is 15.3 Å². The van der Waals surface area contributed by atoms with E-state index in [0.29, 0.717) is 22.4 Å². The molecule has 0 aliphatic carbocycles. The summed E-state index contributed by atoms with van der Waals surface area (Å²) in [4.78, 5) is 38.1. The number of anilines is 1. The van der Waals surface area contributed by atoms with Crippen LogP contribution in [0.1, 0.15) is 39.5 Å². The van der Waals surface area contributed by atoms with Crippen LogP contribution in [0.2, 0.25) is 5.02 Å². The first-order valence-electron chi connectivity index (χ1n) is 8.96. The lowest BCUT2D eigenvalue weighted by Crippen LogP contribution is -2.30. The lowest BCUT2D eigenvalue weighted by Gasteiger charge is -2.25. The largest absolute Gasteiger partial charge is 0.478 e. The Bertz CT molecular complexity index is 1020. The highest BCUT2D eigenvalue weighted by Gasteiger charge is 2.43. The van der Waals surface area contributed by atoms with Crippen molar-refractivity contribution in [1.82, 2.24) is 4.90 Å². The number of carboxylic acids is 1. The number of hydrogen-bond acceptors (Lipinski definition) is 3. The summed E-state index contributed by atoms with van der Waals surface area (Å²) in [6.45, 7) is 3.43. The summed E-state index contributed by atoms with van der Waals surface area (Å²) in [5, 5.41) is 12.0. The predicted molar refractivity (Wildman–Crippen MR) is 107 cm³/mol. The number of nitrogens with one attached hydrogen (secondary N) is 1. The molecular formula is C21H20ClFN2O4. The SMILES string of the molecule is Cc1cc(C)c(C(=O)O)cc1NC(=O)C1CC(=O)N(C)C1c1ccc(Cl)c(F)c1. The number of nitrogens with zero attached hydrogens (tertiary/aromatic N) is 1. The Labute approximate surface area is 172 Å². The lowest BCUT2D eigenvalue weighted by molar-refractivity contribution is -0.128. The summed E-state index contributed by atoms with van der Waals surface area (Å²) in [5.74, 6) is -3.16. The highest BCUT2D eigenvalue weighted by molar-refractivity contribution is 6.30. The van der Waals surface area contributed by atoms with Gasteiger partial charge in [0.05, 0.1) is 22.5 Å². The topological polar surface area (TPSA) is 86.7 Å². The quantitative estimate of drug-likeness (QED) is 0.787. The Morgan fingerprint density at radius 1 is 1.21 bits per heavy atom. The zero-order valence-corrected chi connectivity index (χ0v) is 16.9. The van der Waals surface area contributed by atoms with Gasteiger partial charge in [0.1, 0.15) is 5.82 Å². The number of rotatable bonds is 4. The fraction of sp³-hybridized carbons (Fsp3) is 0.286. The smallest absolute Gasteiger partial charge is 0.336 e. The van der Waals surface area contributed by atoms with E-state index >= 15 is 0 Å². The summed E-state index contributed by atoms with van der Waals surface area (Å²) in [7, 11) is 1.56. The van der Waals surface area contributed by atoms with Crippen molar-refractivity contribution in [2.45, 2.75) is 26.3 Å². The minimum Gasteiger partial charge on any atom is -0.478 e. The maximum absolute atomic E-state index is 14.0. The number of amides is 2. The molecule has 2 unspecified atom stereocenters. The zero-order valence-electron chi connectivity index (χ0n) is 16.1. The van der Waals surface area contributed by atoms with Crippen LogP contribution >= 0.6 is 11.6 Å². The van der Waals surface area contributed by atoms with Gasteiger partial charge in [0.2, 0.25) is 11.8 Å². The second-order valence-corrected chi connectivity index (χ2v) is 7.62. The molecule has 0 spiro atoms. The average Bonchev–Trinajstić information content (AvgIpc) is 2.94. The van der Waals surface area contributed by atoms with Crippen molar-refractivity contribution < 1.29 is 23.9 Å². The highest BCUT2D eigenvalue weighted by Crippen LogP contribution is 2.38. The van der Waals surface area contributed by atoms with Crippen LogP contribution in [0, 0.1) is 25.6 Å². The van der Waals surface area contributed by atoms with Crippen LogP contribution in [0.25, 0.3) is 0 Å². The summed E-state index contributed by atoms with van der Waals surface area (Å²) in [5.41, 5.74) is 2.20. The van der Waals surface area contributed by atoms with Crippen LogP contribution in [0.5, 0.6) is 0 Å². The summed E-state index contributed by atoms with van der Waals surface area (Å²) >= 11 is 5.75. The van der Waals surface area contributed by atoms with Gasteiger partial charge in [-0.2, -0.15) is 0 Å². The maximum atomic E-state index is 14.0. The van der Waals surface area contributed by atoms with Gasteiger partial charge in [0.25, 0.3) is 0 Å². The van der Waals surface area contributed by atoms with E-state index in [1.165, 1.54) is 23.1 Å². The van der Waals surface area contributed by atoms with Crippen LogP contribution < -0.4 is 5.32 Å². The third kappa shape index (κ3) is 3.96. The number of carboxylic acid groups (broad SMARTS) is 1. The van der Waals surface area contributed by atoms with Gasteiger partial charge in [-0.05, 0) is 48.7 Å². The predicted octanol–water partition coefficient (Wildman–Crippen LogP) is 3.95. The van der Waals surface area contributed by atoms with Crippen LogP contribution in [0.4, 0.5) is 10.1 Å². The van der Waals surface area contributed by atoms with Gasteiger partial charge in [-0.1, -0.05) is 23.7 Å². The fourth-order valence-electron chi connectivity index (χ4n) is 3.70. The van der Waals surface area contributed by atoms with E-state index < -0.39 is 29.7 Å². The fourth-order valence-corrected chi connectivity index (χ4v) is 3.82. The van der Waals surface area contributed by atoms with Crippen LogP contribution in [-0.4, -0.2) is 34.8 Å². The van der Waals surface area contributed by atoms with Gasteiger partial charge in [0, 0.05) is 19.2 Å². The van der Waals surface area contributed by atoms with E-state index in [4.69, 9.17) is 11.6 Å². The number of aromatic carboxylic acids is 1. The number of aryl methyl sites for hydroxylation is 2. The van der Waals surface area contributed by atoms with E-state index in [9.17, 15) is 23.9 Å². The Morgan fingerprint density at radius 3 is 2.52 bits per heavy atom. The molecule has 0 radical (unpaired) electrons. The average molecular weight is 419 g/mol. The molecule has 0 bridgehead atoms. The van der Waals surface area contributed by atoms with Crippen molar-refractivity contribution in [3.63, 3.8) is 0 Å². The molecule has 1 saturated heterocycles. The second kappa shape index (κ2) is 7.83. The van der Waals surface area contributed by atoms with Gasteiger partial charge >= 0.3 is 5.97 Å². The van der Waals surface area contributed by atoms with E-state index in [0.717, 1.165) is 0 Å². The molecule has 29 heavy (non-hydrogen) atoms. The van der Waals surface area contributed by atoms with Crippen molar-refractivity contribution in [2.75, 3.05) is 12.4 Å². The summed E-state index contributed by atoms with van der Waals surface area (Å²) in [6, 6.07) is 6.63. The van der Waals surface area contributed by atoms with Crippen molar-refractivity contribution in [3.05, 3.63) is 63.4 Å². The van der Waals surface area contributed by atoms with E-state index in [1.807, 2.05) is 0 Å². The number of halogens is 2. The minimum atomic E-state index is -1.09. The standard InChI is InChI=1S/C21H20ClFN2O4/c1-10-6-11(2)17(8-13(10)21(28)29)24-20(27)14-9-18(26)25(3)19(14)12-4-5-15(22)16(23)7-12/h4-8,14,19H,9H2,1-3H3,(H,24,27)(H,28,29). The zero-order chi connectivity index (χ0) is 21.5. The first-order chi connectivity index (χ1) is 13.6. The molecule has 1 aliphatic heterocycles. The Kier molecular flexibility index (Phi) is 5.61. The molecule has 2 N–H and O–H groups in total. The van der Waals surface area contributed by atoms with Crippen molar-refractivity contribution in [1.29, 1.82) is 0 Å². The molecule has 152 valence electrons. The maximum Gasteiger partial charge on any atom is 0.336 e. The Balaban J connectivity index is 1.93. The minimum absolute atomic E-state index is 0.0338. The van der Waals surface area contributed by atoms with Gasteiger partial charge in [-0.15, -0.1) is 0 Å². The Morgan fingerprint density at radius 2 is 1.90 bits per heavy atom. The summed E-state index contributed by atoms with van der Waals surface area (Å²) in [6.07, 6.45) is -0.0338. The number of likely N-dealkylation sites (tertiary alicyclic amines) is 1. The number of carbonyl (C=O) groups excluding carboxylic acids is 2. The van der Waals surface area contributed by atoms with Crippen LogP contribution in [-0.2, 0) is 9.59 Å². The molecule has 1 heterocycles. The molecule has 2 amide bonds. The van der Waals surface area contributed by atoms with E-state index in [2.05, 4.69) is 5.32 Å². The molecule has 1 aliphatic rings. The van der Waals surface area contributed by atoms with Crippen LogP contribution in [0.3, 0.4) is 0 Å². The van der Waals surface area contributed by atoms with E-state index in [-0.39, 0.29) is 22.9 Å². The number of benzene rings is 2. The summed E-state index contributed by atoms with van der Waals surface area (Å²) < 4.78 is 14.0. The molecule has 0 saturated carbocycles. The molecule has 8 heteroatoms. The first-order valence-corrected chi connectivity index (χ1v) is 9.34. The highest BCUT2D eigenvalue weighted by atomic mass is 35.5. The second-order valence-electron chi connectivity index (χ2n) is 7.21. The molecule has 2 aromatic rings. The monoisotopic (exact) mass is 418 g/mol. The normalized spacial score (nSPS) is 18.8.